The number of hydrogen-bond donors (Lipinski definition) is 1. The maximum atomic E-state index is 5.85. The first-order valence-electron chi connectivity index (χ1n) is 6.67. The van der Waals surface area contributed by atoms with Gasteiger partial charge in [-0.05, 0) is 24.5 Å². The molecule has 0 spiro atoms. The third-order valence-electron chi connectivity index (χ3n) is 3.43. The van der Waals surface area contributed by atoms with Crippen molar-refractivity contribution in [2.45, 2.75) is 12.8 Å². The Kier molecular flexibility index (Phi) is 3.41. The number of para-hydroxylation sites is 1. The lowest BCUT2D eigenvalue weighted by Crippen LogP contribution is -2.10. The molecule has 0 saturated carbocycles. The predicted molar refractivity (Wildman–Crippen MR) is 77.4 cm³/mol. The van der Waals surface area contributed by atoms with Crippen molar-refractivity contribution in [1.29, 1.82) is 0 Å². The molecule has 0 saturated heterocycles. The number of anilines is 1. The van der Waals surface area contributed by atoms with Crippen molar-refractivity contribution in [3.63, 3.8) is 0 Å². The number of nitrogens with zero attached hydrogens (tertiary/aromatic N) is 2. The van der Waals surface area contributed by atoms with Crippen molar-refractivity contribution in [2.75, 3.05) is 26.1 Å². The zero-order chi connectivity index (χ0) is 13.9. The Morgan fingerprint density at radius 3 is 3.00 bits per heavy atom. The molecular weight excluding hydrogens is 254 g/mol. The summed E-state index contributed by atoms with van der Waals surface area (Å²) < 4.78 is 11.3. The van der Waals surface area contributed by atoms with Gasteiger partial charge in [0, 0.05) is 12.6 Å². The maximum Gasteiger partial charge on any atom is 0.187 e. The van der Waals surface area contributed by atoms with E-state index in [0.717, 1.165) is 36.5 Å². The van der Waals surface area contributed by atoms with Crippen molar-refractivity contribution >= 4 is 5.82 Å². The van der Waals surface area contributed by atoms with E-state index in [1.165, 1.54) is 11.9 Å². The largest absolute Gasteiger partial charge is 0.493 e. The van der Waals surface area contributed by atoms with Crippen LogP contribution in [-0.2, 0) is 6.42 Å². The van der Waals surface area contributed by atoms with Crippen LogP contribution in [0.2, 0.25) is 0 Å². The summed E-state index contributed by atoms with van der Waals surface area (Å²) in [5.74, 6) is 2.22. The highest BCUT2D eigenvalue weighted by atomic mass is 16.5. The molecule has 0 bridgehead atoms. The lowest BCUT2D eigenvalue weighted by molar-refractivity contribution is 0.289. The van der Waals surface area contributed by atoms with Gasteiger partial charge in [0.2, 0.25) is 0 Å². The molecule has 0 radical (unpaired) electrons. The number of fused-ring (bicyclic) bond motifs is 1. The topological polar surface area (TPSA) is 56.3 Å². The van der Waals surface area contributed by atoms with Crippen LogP contribution in [0.5, 0.6) is 11.5 Å². The average Bonchev–Trinajstić information content (AvgIpc) is 2.53. The predicted octanol–water partition coefficient (Wildman–Crippen LogP) is 2.52. The lowest BCUT2D eigenvalue weighted by Gasteiger charge is -2.21. The van der Waals surface area contributed by atoms with Gasteiger partial charge in [0.1, 0.15) is 17.8 Å². The van der Waals surface area contributed by atoms with Crippen LogP contribution < -0.4 is 14.8 Å². The Hall–Kier alpha value is -2.30. The van der Waals surface area contributed by atoms with E-state index in [1.54, 1.807) is 7.11 Å². The summed E-state index contributed by atoms with van der Waals surface area (Å²) in [6, 6.07) is 6.14. The van der Waals surface area contributed by atoms with Crippen LogP contribution >= 0.6 is 0 Å². The molecule has 0 atom stereocenters. The minimum atomic E-state index is 0.637. The Labute approximate surface area is 118 Å². The van der Waals surface area contributed by atoms with Crippen LogP contribution in [0, 0.1) is 0 Å². The fourth-order valence-electron chi connectivity index (χ4n) is 2.51. The van der Waals surface area contributed by atoms with Gasteiger partial charge in [-0.2, -0.15) is 0 Å². The molecule has 5 nitrogen and oxygen atoms in total. The summed E-state index contributed by atoms with van der Waals surface area (Å²) >= 11 is 0. The minimum Gasteiger partial charge on any atom is -0.493 e. The fourth-order valence-corrected chi connectivity index (χ4v) is 2.51. The Morgan fingerprint density at radius 1 is 1.30 bits per heavy atom. The summed E-state index contributed by atoms with van der Waals surface area (Å²) in [7, 11) is 3.44. The van der Waals surface area contributed by atoms with E-state index in [4.69, 9.17) is 9.47 Å². The number of aryl methyl sites for hydroxylation is 1. The molecule has 0 amide bonds. The highest BCUT2D eigenvalue weighted by Crippen LogP contribution is 2.40. The number of hydrogen-bond acceptors (Lipinski definition) is 5. The third-order valence-corrected chi connectivity index (χ3v) is 3.43. The SMILES string of the molecule is CNc1ncnc(-c2cccc3c2OCCC3)c1OC. The second-order valence-corrected chi connectivity index (χ2v) is 4.60. The molecule has 2 heterocycles. The van der Waals surface area contributed by atoms with Gasteiger partial charge in [0.25, 0.3) is 0 Å². The van der Waals surface area contributed by atoms with E-state index in [0.29, 0.717) is 11.6 Å². The Balaban J connectivity index is 2.19. The maximum absolute atomic E-state index is 5.85. The third kappa shape index (κ3) is 2.05. The number of methoxy groups -OCH3 is 1. The van der Waals surface area contributed by atoms with Crippen LogP contribution in [0.15, 0.2) is 24.5 Å². The molecule has 1 aliphatic rings. The molecular formula is C15H17N3O2. The molecule has 20 heavy (non-hydrogen) atoms. The van der Waals surface area contributed by atoms with Gasteiger partial charge in [-0.1, -0.05) is 12.1 Å². The van der Waals surface area contributed by atoms with Gasteiger partial charge in [-0.25, -0.2) is 9.97 Å². The quantitative estimate of drug-likeness (QED) is 0.929. The summed E-state index contributed by atoms with van der Waals surface area (Å²) in [6.45, 7) is 0.746. The van der Waals surface area contributed by atoms with Gasteiger partial charge >= 0.3 is 0 Å². The normalized spacial score (nSPS) is 13.3. The first-order valence-corrected chi connectivity index (χ1v) is 6.67. The van der Waals surface area contributed by atoms with Crippen molar-refractivity contribution < 1.29 is 9.47 Å². The molecule has 0 fully saturated rings. The molecule has 0 unspecified atom stereocenters. The molecule has 1 N–H and O–H groups in total. The number of benzene rings is 1. The van der Waals surface area contributed by atoms with Crippen molar-refractivity contribution in [3.8, 4) is 22.8 Å². The molecule has 5 heteroatoms. The molecule has 1 aromatic carbocycles. The van der Waals surface area contributed by atoms with E-state index < -0.39 is 0 Å². The monoisotopic (exact) mass is 271 g/mol. The van der Waals surface area contributed by atoms with E-state index in [1.807, 2.05) is 19.2 Å². The van der Waals surface area contributed by atoms with Gasteiger partial charge in [-0.3, -0.25) is 0 Å². The van der Waals surface area contributed by atoms with Crippen LogP contribution in [0.1, 0.15) is 12.0 Å². The van der Waals surface area contributed by atoms with E-state index in [-0.39, 0.29) is 0 Å². The highest BCUT2D eigenvalue weighted by Gasteiger charge is 2.20. The minimum absolute atomic E-state index is 0.637. The van der Waals surface area contributed by atoms with Gasteiger partial charge in [0.05, 0.1) is 13.7 Å². The lowest BCUT2D eigenvalue weighted by atomic mass is 10.00. The van der Waals surface area contributed by atoms with Gasteiger partial charge in [0.15, 0.2) is 11.6 Å². The van der Waals surface area contributed by atoms with E-state index >= 15 is 0 Å². The van der Waals surface area contributed by atoms with Crippen LogP contribution in [0.3, 0.4) is 0 Å². The molecule has 3 rings (SSSR count). The summed E-state index contributed by atoms with van der Waals surface area (Å²) in [6.07, 6.45) is 3.63. The summed E-state index contributed by atoms with van der Waals surface area (Å²) in [5.41, 5.74) is 2.93. The number of nitrogens with one attached hydrogen (secondary N) is 1. The van der Waals surface area contributed by atoms with Gasteiger partial charge in [-0.15, -0.1) is 0 Å². The molecule has 1 aliphatic heterocycles. The average molecular weight is 271 g/mol. The van der Waals surface area contributed by atoms with E-state index in [2.05, 4.69) is 21.4 Å². The summed E-state index contributed by atoms with van der Waals surface area (Å²) in [5, 5.41) is 3.02. The highest BCUT2D eigenvalue weighted by molar-refractivity contribution is 5.78. The van der Waals surface area contributed by atoms with Crippen LogP contribution in [0.25, 0.3) is 11.3 Å². The molecule has 2 aromatic rings. The van der Waals surface area contributed by atoms with Crippen LogP contribution in [0.4, 0.5) is 5.82 Å². The number of rotatable bonds is 3. The second-order valence-electron chi connectivity index (χ2n) is 4.60. The number of ether oxygens (including phenoxy) is 2. The fraction of sp³-hybridized carbons (Fsp3) is 0.333. The van der Waals surface area contributed by atoms with Crippen molar-refractivity contribution in [2.24, 2.45) is 0 Å². The smallest absolute Gasteiger partial charge is 0.187 e. The zero-order valence-corrected chi connectivity index (χ0v) is 11.6. The van der Waals surface area contributed by atoms with Crippen molar-refractivity contribution in [3.05, 3.63) is 30.1 Å². The Morgan fingerprint density at radius 2 is 2.20 bits per heavy atom. The molecule has 1 aromatic heterocycles. The molecule has 104 valence electrons. The summed E-state index contributed by atoms with van der Waals surface area (Å²) in [4.78, 5) is 8.56. The first-order chi connectivity index (χ1) is 9.85. The van der Waals surface area contributed by atoms with E-state index in [9.17, 15) is 0 Å². The number of aromatic nitrogens is 2. The van der Waals surface area contributed by atoms with Crippen molar-refractivity contribution in [1.82, 2.24) is 9.97 Å². The standard InChI is InChI=1S/C15H17N3O2/c1-16-15-14(19-2)12(17-9-18-15)11-7-3-5-10-6-4-8-20-13(10)11/h3,5,7,9H,4,6,8H2,1-2H3,(H,16,17,18). The molecule has 0 aliphatic carbocycles. The first kappa shape index (κ1) is 12.7. The van der Waals surface area contributed by atoms with Gasteiger partial charge < -0.3 is 14.8 Å². The second kappa shape index (κ2) is 5.36. The van der Waals surface area contributed by atoms with Crippen LogP contribution in [-0.4, -0.2) is 30.7 Å². The Bertz CT molecular complexity index is 591. The zero-order valence-electron chi connectivity index (χ0n) is 11.6.